The number of carbonyl (C=O) groups is 1. The summed E-state index contributed by atoms with van der Waals surface area (Å²) in [5.74, 6) is 1.14. The SMILES string of the molecule is COc1cc(C(C)NC(=O)c2ccc(-c3ccccc3)cc2)ccc1OCc1ccncc1. The van der Waals surface area contributed by atoms with Crippen molar-refractivity contribution in [2.75, 3.05) is 7.11 Å². The van der Waals surface area contributed by atoms with Crippen LogP contribution in [0, 0.1) is 0 Å². The van der Waals surface area contributed by atoms with Crippen molar-refractivity contribution in [3.63, 3.8) is 0 Å². The van der Waals surface area contributed by atoms with Gasteiger partial charge in [-0.3, -0.25) is 9.78 Å². The van der Waals surface area contributed by atoms with Crippen molar-refractivity contribution in [1.29, 1.82) is 0 Å². The van der Waals surface area contributed by atoms with Gasteiger partial charge in [0.05, 0.1) is 13.2 Å². The van der Waals surface area contributed by atoms with Crippen molar-refractivity contribution in [2.45, 2.75) is 19.6 Å². The fourth-order valence-corrected chi connectivity index (χ4v) is 3.52. The van der Waals surface area contributed by atoms with Crippen LogP contribution in [0.2, 0.25) is 0 Å². The van der Waals surface area contributed by atoms with E-state index in [1.165, 1.54) is 0 Å². The lowest BCUT2D eigenvalue weighted by Crippen LogP contribution is -2.26. The number of methoxy groups -OCH3 is 1. The normalized spacial score (nSPS) is 11.5. The molecule has 0 spiro atoms. The fraction of sp³-hybridized carbons (Fsp3) is 0.143. The highest BCUT2D eigenvalue weighted by Gasteiger charge is 2.14. The van der Waals surface area contributed by atoms with E-state index in [4.69, 9.17) is 9.47 Å². The summed E-state index contributed by atoms with van der Waals surface area (Å²) in [6.07, 6.45) is 3.47. The van der Waals surface area contributed by atoms with Gasteiger partial charge in [-0.2, -0.15) is 0 Å². The van der Waals surface area contributed by atoms with Gasteiger partial charge in [0.25, 0.3) is 5.91 Å². The van der Waals surface area contributed by atoms with Gasteiger partial charge in [0, 0.05) is 18.0 Å². The highest BCUT2D eigenvalue weighted by Crippen LogP contribution is 2.31. The highest BCUT2D eigenvalue weighted by atomic mass is 16.5. The zero-order valence-corrected chi connectivity index (χ0v) is 18.7. The second kappa shape index (κ2) is 10.5. The molecule has 1 amide bonds. The molecule has 0 fully saturated rings. The lowest BCUT2D eigenvalue weighted by molar-refractivity contribution is 0.0940. The molecule has 166 valence electrons. The third-order valence-electron chi connectivity index (χ3n) is 5.43. The van der Waals surface area contributed by atoms with Gasteiger partial charge in [0.1, 0.15) is 6.61 Å². The fourth-order valence-electron chi connectivity index (χ4n) is 3.52. The van der Waals surface area contributed by atoms with E-state index < -0.39 is 0 Å². The van der Waals surface area contributed by atoms with Crippen molar-refractivity contribution in [2.24, 2.45) is 0 Å². The van der Waals surface area contributed by atoms with Crippen molar-refractivity contribution < 1.29 is 14.3 Å². The largest absolute Gasteiger partial charge is 0.493 e. The molecule has 33 heavy (non-hydrogen) atoms. The molecule has 0 saturated carbocycles. The molecule has 1 heterocycles. The molecule has 5 heteroatoms. The topological polar surface area (TPSA) is 60.5 Å². The van der Waals surface area contributed by atoms with Gasteiger partial charge < -0.3 is 14.8 Å². The average Bonchev–Trinajstić information content (AvgIpc) is 2.88. The van der Waals surface area contributed by atoms with Crippen molar-refractivity contribution in [1.82, 2.24) is 10.3 Å². The number of aromatic nitrogens is 1. The second-order valence-corrected chi connectivity index (χ2v) is 7.69. The first-order valence-corrected chi connectivity index (χ1v) is 10.8. The van der Waals surface area contributed by atoms with Gasteiger partial charge in [-0.05, 0) is 65.6 Å². The summed E-state index contributed by atoms with van der Waals surface area (Å²) in [6.45, 7) is 2.37. The molecule has 3 aromatic carbocycles. The van der Waals surface area contributed by atoms with Crippen LogP contribution in [0.15, 0.2) is 97.3 Å². The summed E-state index contributed by atoms with van der Waals surface area (Å²) in [5.41, 5.74) is 4.77. The van der Waals surface area contributed by atoms with E-state index in [2.05, 4.69) is 22.4 Å². The Morgan fingerprint density at radius 3 is 2.27 bits per heavy atom. The van der Waals surface area contributed by atoms with E-state index in [1.807, 2.05) is 79.7 Å². The Kier molecular flexibility index (Phi) is 7.00. The Balaban J connectivity index is 1.41. The number of nitrogens with one attached hydrogen (secondary N) is 1. The van der Waals surface area contributed by atoms with E-state index in [1.54, 1.807) is 19.5 Å². The molecule has 1 N–H and O–H groups in total. The van der Waals surface area contributed by atoms with Crippen LogP contribution in [0.4, 0.5) is 0 Å². The number of benzene rings is 3. The maximum Gasteiger partial charge on any atom is 0.251 e. The van der Waals surface area contributed by atoms with E-state index in [-0.39, 0.29) is 11.9 Å². The van der Waals surface area contributed by atoms with Crippen LogP contribution in [0.3, 0.4) is 0 Å². The third-order valence-corrected chi connectivity index (χ3v) is 5.43. The number of hydrogen-bond donors (Lipinski definition) is 1. The lowest BCUT2D eigenvalue weighted by Gasteiger charge is -2.17. The number of ether oxygens (including phenoxy) is 2. The molecule has 0 radical (unpaired) electrons. The van der Waals surface area contributed by atoms with Gasteiger partial charge in [-0.15, -0.1) is 0 Å². The second-order valence-electron chi connectivity index (χ2n) is 7.69. The molecule has 4 aromatic rings. The van der Waals surface area contributed by atoms with Crippen LogP contribution in [-0.4, -0.2) is 18.0 Å². The van der Waals surface area contributed by atoms with Gasteiger partial charge in [-0.25, -0.2) is 0 Å². The maximum atomic E-state index is 12.8. The maximum absolute atomic E-state index is 12.8. The first-order chi connectivity index (χ1) is 16.1. The monoisotopic (exact) mass is 438 g/mol. The summed E-state index contributed by atoms with van der Waals surface area (Å²) in [6, 6.07) is 27.0. The zero-order chi connectivity index (χ0) is 23.0. The molecule has 0 bridgehead atoms. The van der Waals surface area contributed by atoms with Crippen LogP contribution >= 0.6 is 0 Å². The van der Waals surface area contributed by atoms with Crippen molar-refractivity contribution >= 4 is 5.91 Å². The molecule has 1 atom stereocenters. The van der Waals surface area contributed by atoms with Gasteiger partial charge in [0.15, 0.2) is 11.5 Å². The average molecular weight is 439 g/mol. The minimum absolute atomic E-state index is 0.126. The summed E-state index contributed by atoms with van der Waals surface area (Å²) in [7, 11) is 1.61. The molecule has 0 aliphatic carbocycles. The summed E-state index contributed by atoms with van der Waals surface area (Å²) >= 11 is 0. The molecule has 1 unspecified atom stereocenters. The predicted molar refractivity (Wildman–Crippen MR) is 129 cm³/mol. The first kappa shape index (κ1) is 22.1. The Hall–Kier alpha value is -4.12. The van der Waals surface area contributed by atoms with Crippen LogP contribution in [-0.2, 0) is 6.61 Å². The molecule has 0 saturated heterocycles. The molecule has 0 aliphatic heterocycles. The van der Waals surface area contributed by atoms with Crippen LogP contribution in [0.5, 0.6) is 11.5 Å². The van der Waals surface area contributed by atoms with Gasteiger partial charge in [-0.1, -0.05) is 48.5 Å². The van der Waals surface area contributed by atoms with E-state index in [9.17, 15) is 4.79 Å². The van der Waals surface area contributed by atoms with Crippen LogP contribution in [0.1, 0.15) is 34.5 Å². The number of rotatable bonds is 8. The first-order valence-electron chi connectivity index (χ1n) is 10.8. The summed E-state index contributed by atoms with van der Waals surface area (Å²) in [5, 5.41) is 3.06. The van der Waals surface area contributed by atoms with Crippen LogP contribution < -0.4 is 14.8 Å². The van der Waals surface area contributed by atoms with E-state index in [0.717, 1.165) is 22.3 Å². The standard InChI is InChI=1S/C28H26N2O3/c1-20(30-28(31)24-10-8-23(9-11-24)22-6-4-3-5-7-22)25-12-13-26(27(18-25)32-2)33-19-21-14-16-29-17-15-21/h3-18,20H,19H2,1-2H3,(H,30,31). The number of hydrogen-bond acceptors (Lipinski definition) is 4. The Bertz CT molecular complexity index is 1190. The number of nitrogens with zero attached hydrogens (tertiary/aromatic N) is 1. The van der Waals surface area contributed by atoms with Crippen molar-refractivity contribution in [3.05, 3.63) is 114 Å². The molecule has 5 nitrogen and oxygen atoms in total. The van der Waals surface area contributed by atoms with E-state index >= 15 is 0 Å². The van der Waals surface area contributed by atoms with Gasteiger partial charge >= 0.3 is 0 Å². The molecular weight excluding hydrogens is 412 g/mol. The predicted octanol–water partition coefficient (Wildman–Crippen LogP) is 5.83. The summed E-state index contributed by atoms with van der Waals surface area (Å²) in [4.78, 5) is 16.8. The van der Waals surface area contributed by atoms with Crippen molar-refractivity contribution in [3.8, 4) is 22.6 Å². The van der Waals surface area contributed by atoms with Gasteiger partial charge in [0.2, 0.25) is 0 Å². The zero-order valence-electron chi connectivity index (χ0n) is 18.7. The molecule has 0 aliphatic rings. The minimum atomic E-state index is -0.200. The number of pyridine rings is 1. The molecule has 1 aromatic heterocycles. The van der Waals surface area contributed by atoms with E-state index in [0.29, 0.717) is 23.7 Å². The lowest BCUT2D eigenvalue weighted by atomic mass is 10.0. The highest BCUT2D eigenvalue weighted by molar-refractivity contribution is 5.95. The number of carbonyl (C=O) groups excluding carboxylic acids is 1. The number of amides is 1. The van der Waals surface area contributed by atoms with Crippen LogP contribution in [0.25, 0.3) is 11.1 Å². The smallest absolute Gasteiger partial charge is 0.251 e. The third kappa shape index (κ3) is 5.57. The molecule has 4 rings (SSSR count). The Morgan fingerprint density at radius 2 is 1.58 bits per heavy atom. The Labute approximate surface area is 194 Å². The Morgan fingerprint density at radius 1 is 0.879 bits per heavy atom. The minimum Gasteiger partial charge on any atom is -0.493 e. The molecular formula is C28H26N2O3. The quantitative estimate of drug-likeness (QED) is 0.376. The summed E-state index contributed by atoms with van der Waals surface area (Å²) < 4.78 is 11.4.